The zero-order valence-electron chi connectivity index (χ0n) is 9.71. The number of carbonyl (C=O) groups excluding carboxylic acids is 1. The molecule has 1 heterocycles. The Bertz CT molecular complexity index is 420. The van der Waals surface area contributed by atoms with Crippen LogP contribution in [0.25, 0.3) is 0 Å². The fourth-order valence-corrected chi connectivity index (χ4v) is 2.78. The highest BCUT2D eigenvalue weighted by Crippen LogP contribution is 2.27. The summed E-state index contributed by atoms with van der Waals surface area (Å²) in [6.45, 7) is -1.20. The Labute approximate surface area is 115 Å². The van der Waals surface area contributed by atoms with Crippen molar-refractivity contribution in [3.8, 4) is 0 Å². The van der Waals surface area contributed by atoms with E-state index in [0.29, 0.717) is 4.88 Å². The molecule has 0 aliphatic heterocycles. The third-order valence-corrected chi connectivity index (χ3v) is 3.83. The number of nitrogens with zero attached hydrogens (tertiary/aromatic N) is 1. The van der Waals surface area contributed by atoms with E-state index < -0.39 is 24.7 Å². The van der Waals surface area contributed by atoms with Crippen LogP contribution in [-0.4, -0.2) is 37.6 Å². The fraction of sp³-hybridized carbons (Fsp3) is 0.500. The summed E-state index contributed by atoms with van der Waals surface area (Å²) >= 11 is 4.44. The lowest BCUT2D eigenvalue weighted by molar-refractivity contribution is -0.136. The van der Waals surface area contributed by atoms with Crippen molar-refractivity contribution in [2.24, 2.45) is 0 Å². The van der Waals surface area contributed by atoms with Crippen LogP contribution >= 0.6 is 27.3 Å². The number of likely N-dealkylation sites (N-methyl/N-ethyl adjacent to an activating group) is 1. The van der Waals surface area contributed by atoms with Crippen molar-refractivity contribution in [3.05, 3.63) is 20.8 Å². The van der Waals surface area contributed by atoms with E-state index in [2.05, 4.69) is 21.2 Å². The Morgan fingerprint density at radius 1 is 1.56 bits per heavy atom. The Morgan fingerprint density at radius 3 is 2.56 bits per heavy atom. The Hall–Kier alpha value is -0.600. The van der Waals surface area contributed by atoms with E-state index in [-0.39, 0.29) is 0 Å². The molecule has 0 aliphatic carbocycles. The fourth-order valence-electron chi connectivity index (χ4n) is 1.27. The van der Waals surface area contributed by atoms with Gasteiger partial charge in [-0.15, -0.1) is 11.3 Å². The summed E-state index contributed by atoms with van der Waals surface area (Å²) in [5.74, 6) is -0.409. The lowest BCUT2D eigenvalue weighted by atomic mass is 10.2. The van der Waals surface area contributed by atoms with Gasteiger partial charge in [-0.25, -0.2) is 0 Å². The number of amides is 1. The molecule has 18 heavy (non-hydrogen) atoms. The van der Waals surface area contributed by atoms with Gasteiger partial charge in [0.15, 0.2) is 0 Å². The minimum absolute atomic E-state index is 0.409. The molecule has 0 fully saturated rings. The Kier molecular flexibility index (Phi) is 5.18. The minimum Gasteiger partial charge on any atom is -0.347 e. The van der Waals surface area contributed by atoms with Gasteiger partial charge >= 0.3 is 6.18 Å². The number of thiophene rings is 1. The lowest BCUT2D eigenvalue weighted by Crippen LogP contribution is -2.40. The molecule has 0 saturated carbocycles. The van der Waals surface area contributed by atoms with Crippen LogP contribution in [0.2, 0.25) is 0 Å². The lowest BCUT2D eigenvalue weighted by Gasteiger charge is -2.21. The third-order valence-electron chi connectivity index (χ3n) is 2.07. The maximum atomic E-state index is 12.2. The summed E-state index contributed by atoms with van der Waals surface area (Å²) in [6.07, 6.45) is -4.35. The molecule has 0 saturated heterocycles. The smallest absolute Gasteiger partial charge is 0.347 e. The number of hydrogen-bond acceptors (Lipinski definition) is 3. The maximum absolute atomic E-state index is 12.2. The molecule has 3 nitrogen and oxygen atoms in total. The highest BCUT2D eigenvalue weighted by molar-refractivity contribution is 9.10. The summed E-state index contributed by atoms with van der Waals surface area (Å²) in [5.41, 5.74) is 0. The predicted molar refractivity (Wildman–Crippen MR) is 67.5 cm³/mol. The first-order chi connectivity index (χ1) is 8.20. The topological polar surface area (TPSA) is 32.3 Å². The highest BCUT2D eigenvalue weighted by Gasteiger charge is 2.31. The summed E-state index contributed by atoms with van der Waals surface area (Å²) < 4.78 is 37.4. The highest BCUT2D eigenvalue weighted by atomic mass is 79.9. The van der Waals surface area contributed by atoms with E-state index in [1.54, 1.807) is 11.4 Å². The number of nitrogens with one attached hydrogen (secondary N) is 1. The largest absolute Gasteiger partial charge is 0.401 e. The molecule has 0 aromatic carbocycles. The second-order valence-corrected chi connectivity index (χ2v) is 5.69. The maximum Gasteiger partial charge on any atom is 0.401 e. The van der Waals surface area contributed by atoms with Crippen LogP contribution in [0.5, 0.6) is 0 Å². The summed E-state index contributed by atoms with van der Waals surface area (Å²) in [4.78, 5) is 13.7. The molecule has 1 atom stereocenters. The van der Waals surface area contributed by atoms with E-state index in [1.165, 1.54) is 30.3 Å². The quantitative estimate of drug-likeness (QED) is 0.910. The van der Waals surface area contributed by atoms with Crippen molar-refractivity contribution in [3.63, 3.8) is 0 Å². The number of halogens is 4. The zero-order valence-corrected chi connectivity index (χ0v) is 12.1. The van der Waals surface area contributed by atoms with Crippen LogP contribution < -0.4 is 5.32 Å². The molecule has 1 aromatic heterocycles. The molecule has 8 heteroatoms. The van der Waals surface area contributed by atoms with Gasteiger partial charge in [-0.3, -0.25) is 10.1 Å². The van der Waals surface area contributed by atoms with Crippen molar-refractivity contribution >= 4 is 33.2 Å². The van der Waals surface area contributed by atoms with Crippen molar-refractivity contribution in [1.82, 2.24) is 10.2 Å². The third kappa shape index (κ3) is 4.58. The van der Waals surface area contributed by atoms with Gasteiger partial charge in [-0.05, 0) is 22.0 Å². The molecule has 1 unspecified atom stereocenters. The van der Waals surface area contributed by atoms with Crippen molar-refractivity contribution in [1.29, 1.82) is 0 Å². The van der Waals surface area contributed by atoms with Crippen LogP contribution in [-0.2, 0) is 4.79 Å². The van der Waals surface area contributed by atoms with Gasteiger partial charge in [-0.2, -0.15) is 13.2 Å². The minimum atomic E-state index is -4.35. The Balaban J connectivity index is 2.86. The van der Waals surface area contributed by atoms with Crippen LogP contribution in [0.3, 0.4) is 0 Å². The molecular weight excluding hydrogens is 333 g/mol. The van der Waals surface area contributed by atoms with E-state index >= 15 is 0 Å². The van der Waals surface area contributed by atoms with Crippen molar-refractivity contribution < 1.29 is 18.0 Å². The van der Waals surface area contributed by atoms with E-state index in [1.807, 2.05) is 0 Å². The van der Waals surface area contributed by atoms with Crippen LogP contribution in [0.4, 0.5) is 13.2 Å². The first-order valence-electron chi connectivity index (χ1n) is 4.96. The van der Waals surface area contributed by atoms with E-state index in [9.17, 15) is 18.0 Å². The number of carbonyl (C=O) groups is 1. The van der Waals surface area contributed by atoms with Crippen molar-refractivity contribution in [2.75, 3.05) is 20.6 Å². The molecule has 0 radical (unpaired) electrons. The predicted octanol–water partition coefficient (Wildman–Crippen LogP) is 2.79. The number of alkyl halides is 3. The molecule has 1 rings (SSSR count). The molecule has 0 spiro atoms. The first kappa shape index (κ1) is 15.5. The normalized spacial score (nSPS) is 13.4. The molecule has 0 aliphatic rings. The summed E-state index contributed by atoms with van der Waals surface area (Å²) in [5, 5.41) is 3.97. The van der Waals surface area contributed by atoms with Gasteiger partial charge < -0.3 is 4.90 Å². The second kappa shape index (κ2) is 6.03. The summed E-state index contributed by atoms with van der Waals surface area (Å²) in [7, 11) is 3.01. The standard InChI is InChI=1S/C10H12BrF3N2OS/c1-16(2)9(17)8(15-5-10(12,13)14)7-3-6(11)4-18-7/h3-4,8,15H,5H2,1-2H3. The first-order valence-corrected chi connectivity index (χ1v) is 6.63. The molecular formula is C10H12BrF3N2OS. The second-order valence-electron chi connectivity index (χ2n) is 3.83. The molecule has 0 bridgehead atoms. The van der Waals surface area contributed by atoms with E-state index in [4.69, 9.17) is 0 Å². The van der Waals surface area contributed by atoms with Crippen LogP contribution in [0.1, 0.15) is 10.9 Å². The van der Waals surface area contributed by atoms with E-state index in [0.717, 1.165) is 4.47 Å². The Morgan fingerprint density at radius 2 is 2.17 bits per heavy atom. The van der Waals surface area contributed by atoms with Gasteiger partial charge in [0.25, 0.3) is 0 Å². The zero-order chi connectivity index (χ0) is 13.9. The SMILES string of the molecule is CN(C)C(=O)C(NCC(F)(F)F)c1cc(Br)cs1. The monoisotopic (exact) mass is 344 g/mol. The van der Waals surface area contributed by atoms with Gasteiger partial charge in [0.05, 0.1) is 6.54 Å². The number of hydrogen-bond donors (Lipinski definition) is 1. The molecule has 102 valence electrons. The average Bonchev–Trinajstić information content (AvgIpc) is 2.63. The van der Waals surface area contributed by atoms with Gasteiger partial charge in [0, 0.05) is 28.8 Å². The van der Waals surface area contributed by atoms with Gasteiger partial charge in [0.1, 0.15) is 6.04 Å². The van der Waals surface area contributed by atoms with Gasteiger partial charge in [0.2, 0.25) is 5.91 Å². The molecule has 1 amide bonds. The van der Waals surface area contributed by atoms with Crippen molar-refractivity contribution in [2.45, 2.75) is 12.2 Å². The van der Waals surface area contributed by atoms with Crippen LogP contribution in [0, 0.1) is 0 Å². The molecule has 1 aromatic rings. The van der Waals surface area contributed by atoms with Crippen LogP contribution in [0.15, 0.2) is 15.9 Å². The van der Waals surface area contributed by atoms with Gasteiger partial charge in [-0.1, -0.05) is 0 Å². The summed E-state index contributed by atoms with van der Waals surface area (Å²) in [6, 6.07) is 0.665. The number of rotatable bonds is 4. The average molecular weight is 345 g/mol. The molecule has 1 N–H and O–H groups in total.